The Kier molecular flexibility index (Phi) is 5.32. The minimum Gasteiger partial charge on any atom is -0.308 e. The van der Waals surface area contributed by atoms with E-state index in [0.717, 1.165) is 13.0 Å². The molecule has 1 aromatic rings. The van der Waals surface area contributed by atoms with Gasteiger partial charge in [0.15, 0.2) is 0 Å². The molecule has 0 fully saturated rings. The van der Waals surface area contributed by atoms with Gasteiger partial charge in [-0.15, -0.1) is 22.9 Å². The van der Waals surface area contributed by atoms with Gasteiger partial charge in [0, 0.05) is 23.3 Å². The van der Waals surface area contributed by atoms with Gasteiger partial charge < -0.3 is 5.32 Å². The first-order chi connectivity index (χ1) is 6.26. The maximum atomic E-state index is 5.77. The van der Waals surface area contributed by atoms with Crippen molar-refractivity contribution < 1.29 is 0 Å². The SMILES string of the molecule is CCC(CCl)NCc1ccc(Br)s1. The van der Waals surface area contributed by atoms with E-state index >= 15 is 0 Å². The summed E-state index contributed by atoms with van der Waals surface area (Å²) in [6.45, 7) is 3.06. The van der Waals surface area contributed by atoms with Crippen molar-refractivity contribution in [3.05, 3.63) is 20.8 Å². The Morgan fingerprint density at radius 2 is 2.38 bits per heavy atom. The smallest absolute Gasteiger partial charge is 0.0701 e. The first-order valence-electron chi connectivity index (χ1n) is 4.29. The Morgan fingerprint density at radius 3 is 2.85 bits per heavy atom. The van der Waals surface area contributed by atoms with E-state index in [1.807, 2.05) is 0 Å². The lowest BCUT2D eigenvalue weighted by Gasteiger charge is -2.12. The third-order valence-electron chi connectivity index (χ3n) is 1.87. The quantitative estimate of drug-likeness (QED) is 0.814. The summed E-state index contributed by atoms with van der Waals surface area (Å²) in [4.78, 5) is 1.34. The molecule has 0 aromatic carbocycles. The second-order valence-electron chi connectivity index (χ2n) is 2.85. The van der Waals surface area contributed by atoms with Crippen LogP contribution in [0.15, 0.2) is 15.9 Å². The molecule has 1 rings (SSSR count). The van der Waals surface area contributed by atoms with Gasteiger partial charge in [-0.05, 0) is 34.5 Å². The van der Waals surface area contributed by atoms with Gasteiger partial charge in [0.25, 0.3) is 0 Å². The molecule has 1 atom stereocenters. The van der Waals surface area contributed by atoms with Gasteiger partial charge in [-0.1, -0.05) is 6.92 Å². The first kappa shape index (κ1) is 11.5. The molecule has 0 aliphatic rings. The number of thiophene rings is 1. The molecule has 1 nitrogen and oxygen atoms in total. The van der Waals surface area contributed by atoms with E-state index in [0.29, 0.717) is 11.9 Å². The van der Waals surface area contributed by atoms with Crippen molar-refractivity contribution in [2.24, 2.45) is 0 Å². The summed E-state index contributed by atoms with van der Waals surface area (Å²) in [6.07, 6.45) is 1.08. The van der Waals surface area contributed by atoms with Crippen LogP contribution in [0.25, 0.3) is 0 Å². The molecular formula is C9H13BrClNS. The molecule has 0 bridgehead atoms. The standard InChI is InChI=1S/C9H13BrClNS/c1-2-7(5-11)12-6-8-3-4-9(10)13-8/h3-4,7,12H,2,5-6H2,1H3. The summed E-state index contributed by atoms with van der Waals surface area (Å²) >= 11 is 11.0. The highest BCUT2D eigenvalue weighted by Gasteiger charge is 2.04. The van der Waals surface area contributed by atoms with Crippen LogP contribution in [0.1, 0.15) is 18.2 Å². The average molecular weight is 283 g/mol. The average Bonchev–Trinajstić information content (AvgIpc) is 2.53. The van der Waals surface area contributed by atoms with Crippen molar-refractivity contribution in [2.75, 3.05) is 5.88 Å². The van der Waals surface area contributed by atoms with Crippen LogP contribution in [0, 0.1) is 0 Å². The number of halogens is 2. The fourth-order valence-corrected chi connectivity index (χ4v) is 2.76. The molecular weight excluding hydrogens is 270 g/mol. The molecule has 1 unspecified atom stereocenters. The van der Waals surface area contributed by atoms with Gasteiger partial charge in [-0.2, -0.15) is 0 Å². The lowest BCUT2D eigenvalue weighted by molar-refractivity contribution is 0.542. The second kappa shape index (κ2) is 6.02. The van der Waals surface area contributed by atoms with Gasteiger partial charge in [-0.25, -0.2) is 0 Å². The molecule has 0 radical (unpaired) electrons. The van der Waals surface area contributed by atoms with E-state index in [1.54, 1.807) is 11.3 Å². The van der Waals surface area contributed by atoms with E-state index in [-0.39, 0.29) is 0 Å². The van der Waals surface area contributed by atoms with Crippen LogP contribution in [-0.2, 0) is 6.54 Å². The van der Waals surface area contributed by atoms with Gasteiger partial charge >= 0.3 is 0 Å². The summed E-state index contributed by atoms with van der Waals surface area (Å²) in [5.41, 5.74) is 0. The van der Waals surface area contributed by atoms with Crippen molar-refractivity contribution in [3.8, 4) is 0 Å². The van der Waals surface area contributed by atoms with Crippen LogP contribution < -0.4 is 5.32 Å². The van der Waals surface area contributed by atoms with Crippen LogP contribution in [0.5, 0.6) is 0 Å². The minimum absolute atomic E-state index is 0.433. The van der Waals surface area contributed by atoms with Gasteiger partial charge in [-0.3, -0.25) is 0 Å². The Labute approximate surface area is 96.6 Å². The third kappa shape index (κ3) is 3.98. The molecule has 13 heavy (non-hydrogen) atoms. The Balaban J connectivity index is 2.33. The number of nitrogens with one attached hydrogen (secondary N) is 1. The van der Waals surface area contributed by atoms with Crippen molar-refractivity contribution in [1.29, 1.82) is 0 Å². The molecule has 0 aliphatic carbocycles. The van der Waals surface area contributed by atoms with Crippen molar-refractivity contribution in [3.63, 3.8) is 0 Å². The topological polar surface area (TPSA) is 12.0 Å². The highest BCUT2D eigenvalue weighted by atomic mass is 79.9. The maximum absolute atomic E-state index is 5.77. The van der Waals surface area contributed by atoms with Gasteiger partial charge in [0.05, 0.1) is 3.79 Å². The fraction of sp³-hybridized carbons (Fsp3) is 0.556. The molecule has 74 valence electrons. The maximum Gasteiger partial charge on any atom is 0.0701 e. The summed E-state index contributed by atoms with van der Waals surface area (Å²) in [5.74, 6) is 0.684. The summed E-state index contributed by atoms with van der Waals surface area (Å²) in [5, 5.41) is 3.41. The largest absolute Gasteiger partial charge is 0.308 e. The first-order valence-corrected chi connectivity index (χ1v) is 6.44. The fourth-order valence-electron chi connectivity index (χ4n) is 1.000. The molecule has 1 heterocycles. The summed E-state index contributed by atoms with van der Waals surface area (Å²) in [6, 6.07) is 4.63. The van der Waals surface area contributed by atoms with Crippen LogP contribution in [0.3, 0.4) is 0 Å². The Morgan fingerprint density at radius 1 is 1.62 bits per heavy atom. The number of hydrogen-bond donors (Lipinski definition) is 1. The zero-order valence-electron chi connectivity index (χ0n) is 7.52. The Bertz CT molecular complexity index is 248. The molecule has 0 spiro atoms. The second-order valence-corrected chi connectivity index (χ2v) is 5.70. The minimum atomic E-state index is 0.433. The predicted molar refractivity (Wildman–Crippen MR) is 63.7 cm³/mol. The van der Waals surface area contributed by atoms with Crippen LogP contribution in [0.4, 0.5) is 0 Å². The lowest BCUT2D eigenvalue weighted by Crippen LogP contribution is -2.28. The van der Waals surface area contributed by atoms with Crippen molar-refractivity contribution in [1.82, 2.24) is 5.32 Å². The van der Waals surface area contributed by atoms with Gasteiger partial charge in [0.1, 0.15) is 0 Å². The van der Waals surface area contributed by atoms with Gasteiger partial charge in [0.2, 0.25) is 0 Å². The lowest BCUT2D eigenvalue weighted by atomic mass is 10.2. The predicted octanol–water partition coefficient (Wildman–Crippen LogP) is 3.62. The van der Waals surface area contributed by atoms with Crippen LogP contribution >= 0.6 is 38.9 Å². The summed E-state index contributed by atoms with van der Waals surface area (Å²) in [7, 11) is 0. The molecule has 1 N–H and O–H groups in total. The Hall–Kier alpha value is 0.430. The van der Waals surface area contributed by atoms with E-state index in [1.165, 1.54) is 8.66 Å². The normalized spacial score (nSPS) is 13.2. The van der Waals surface area contributed by atoms with E-state index < -0.39 is 0 Å². The molecule has 0 amide bonds. The molecule has 1 aromatic heterocycles. The van der Waals surface area contributed by atoms with Crippen molar-refractivity contribution >= 4 is 38.9 Å². The highest BCUT2D eigenvalue weighted by Crippen LogP contribution is 2.21. The number of alkyl halides is 1. The van der Waals surface area contributed by atoms with E-state index in [2.05, 4.69) is 40.3 Å². The zero-order chi connectivity index (χ0) is 9.68. The molecule has 0 aliphatic heterocycles. The number of rotatable bonds is 5. The van der Waals surface area contributed by atoms with Crippen LogP contribution in [0.2, 0.25) is 0 Å². The molecule has 0 saturated carbocycles. The monoisotopic (exact) mass is 281 g/mol. The zero-order valence-corrected chi connectivity index (χ0v) is 10.7. The molecule has 0 saturated heterocycles. The third-order valence-corrected chi connectivity index (χ3v) is 3.87. The highest BCUT2D eigenvalue weighted by molar-refractivity contribution is 9.11. The van der Waals surface area contributed by atoms with E-state index in [9.17, 15) is 0 Å². The van der Waals surface area contributed by atoms with Crippen LogP contribution in [-0.4, -0.2) is 11.9 Å². The summed E-state index contributed by atoms with van der Waals surface area (Å²) < 4.78 is 1.18. The molecule has 4 heteroatoms. The number of hydrogen-bond acceptors (Lipinski definition) is 2. The van der Waals surface area contributed by atoms with E-state index in [4.69, 9.17) is 11.6 Å². The van der Waals surface area contributed by atoms with Crippen molar-refractivity contribution in [2.45, 2.75) is 25.9 Å².